The molecule has 0 radical (unpaired) electrons. The van der Waals surface area contributed by atoms with E-state index in [1.54, 1.807) is 48.5 Å². The van der Waals surface area contributed by atoms with E-state index in [1.165, 1.54) is 4.90 Å². The number of anilines is 1. The van der Waals surface area contributed by atoms with E-state index in [0.717, 1.165) is 5.56 Å². The standard InChI is InChI=1S/C18H14F3NO/c19-18(20,21)14-11-17(14)15(12-7-3-1-4-8-12)22(16(17)23)13-9-5-2-6-10-13/h1-10,14-15H,11H2/t14-,15-,17-/m1/s1. The Morgan fingerprint density at radius 1 is 0.957 bits per heavy atom. The fraction of sp³-hybridized carbons (Fsp3) is 0.278. The molecule has 1 saturated carbocycles. The van der Waals surface area contributed by atoms with Crippen LogP contribution in [0, 0.1) is 11.3 Å². The number of alkyl halides is 3. The number of carbonyl (C=O) groups is 1. The molecule has 2 fully saturated rings. The zero-order valence-electron chi connectivity index (χ0n) is 12.1. The molecule has 23 heavy (non-hydrogen) atoms. The Bertz CT molecular complexity index is 744. The van der Waals surface area contributed by atoms with Crippen LogP contribution in [0.4, 0.5) is 18.9 Å². The summed E-state index contributed by atoms with van der Waals surface area (Å²) in [6.45, 7) is 0. The predicted molar refractivity (Wildman–Crippen MR) is 79.7 cm³/mol. The van der Waals surface area contributed by atoms with Gasteiger partial charge in [-0.15, -0.1) is 0 Å². The Kier molecular flexibility index (Phi) is 2.86. The molecule has 2 aromatic carbocycles. The maximum absolute atomic E-state index is 13.2. The van der Waals surface area contributed by atoms with Crippen LogP contribution in [0.1, 0.15) is 18.0 Å². The minimum Gasteiger partial charge on any atom is -0.303 e. The first-order valence-corrected chi connectivity index (χ1v) is 7.46. The van der Waals surface area contributed by atoms with Gasteiger partial charge in [0, 0.05) is 5.69 Å². The van der Waals surface area contributed by atoms with Gasteiger partial charge in [0.2, 0.25) is 5.91 Å². The van der Waals surface area contributed by atoms with E-state index in [1.807, 2.05) is 12.1 Å². The minimum atomic E-state index is -4.33. The Balaban J connectivity index is 1.77. The fourth-order valence-corrected chi connectivity index (χ4v) is 3.78. The molecule has 3 atom stereocenters. The summed E-state index contributed by atoms with van der Waals surface area (Å²) in [6.07, 6.45) is -4.44. The number of halogens is 3. The summed E-state index contributed by atoms with van der Waals surface area (Å²) in [6, 6.07) is 17.3. The van der Waals surface area contributed by atoms with Gasteiger partial charge < -0.3 is 4.90 Å². The third-order valence-electron chi connectivity index (χ3n) is 4.91. The van der Waals surface area contributed by atoms with Gasteiger partial charge in [0.25, 0.3) is 0 Å². The highest BCUT2D eigenvalue weighted by Crippen LogP contribution is 2.73. The second-order valence-electron chi connectivity index (χ2n) is 6.16. The lowest BCUT2D eigenvalue weighted by Crippen LogP contribution is -2.59. The lowest BCUT2D eigenvalue weighted by molar-refractivity contribution is -0.168. The first-order chi connectivity index (χ1) is 11.0. The first-order valence-electron chi connectivity index (χ1n) is 7.46. The van der Waals surface area contributed by atoms with Crippen molar-refractivity contribution < 1.29 is 18.0 Å². The fourth-order valence-electron chi connectivity index (χ4n) is 3.78. The van der Waals surface area contributed by atoms with Gasteiger partial charge in [0.05, 0.1) is 17.4 Å². The van der Waals surface area contributed by atoms with Crippen LogP contribution in [0.25, 0.3) is 0 Å². The van der Waals surface area contributed by atoms with Gasteiger partial charge in [-0.05, 0) is 24.1 Å². The molecule has 118 valence electrons. The second kappa shape index (κ2) is 4.60. The van der Waals surface area contributed by atoms with E-state index >= 15 is 0 Å². The SMILES string of the molecule is O=C1N(c2ccccc2)[C@H](c2ccccc2)[C@]12C[C@H]2C(F)(F)F. The van der Waals surface area contributed by atoms with Crippen LogP contribution in [0.5, 0.6) is 0 Å². The van der Waals surface area contributed by atoms with E-state index in [0.29, 0.717) is 5.69 Å². The molecule has 1 heterocycles. The third kappa shape index (κ3) is 1.92. The summed E-state index contributed by atoms with van der Waals surface area (Å²) in [5, 5.41) is 0. The topological polar surface area (TPSA) is 20.3 Å². The molecule has 0 N–H and O–H groups in total. The average Bonchev–Trinajstić information content (AvgIpc) is 3.32. The number of nitrogens with zero attached hydrogens (tertiary/aromatic N) is 1. The van der Waals surface area contributed by atoms with Gasteiger partial charge in [-0.1, -0.05) is 48.5 Å². The Morgan fingerprint density at radius 2 is 1.52 bits per heavy atom. The first kappa shape index (κ1) is 14.3. The van der Waals surface area contributed by atoms with Crippen molar-refractivity contribution in [1.29, 1.82) is 0 Å². The number of hydrogen-bond donors (Lipinski definition) is 0. The van der Waals surface area contributed by atoms with Gasteiger partial charge in [0.1, 0.15) is 0 Å². The summed E-state index contributed by atoms with van der Waals surface area (Å²) in [5.41, 5.74) is 0.0858. The number of para-hydroxylation sites is 1. The van der Waals surface area contributed by atoms with Crippen molar-refractivity contribution in [2.45, 2.75) is 18.6 Å². The van der Waals surface area contributed by atoms with Crippen molar-refractivity contribution in [1.82, 2.24) is 0 Å². The van der Waals surface area contributed by atoms with Gasteiger partial charge in [-0.2, -0.15) is 13.2 Å². The van der Waals surface area contributed by atoms with E-state index < -0.39 is 29.5 Å². The molecule has 1 spiro atoms. The normalized spacial score (nSPS) is 29.5. The predicted octanol–water partition coefficient (Wildman–Crippen LogP) is 4.34. The van der Waals surface area contributed by atoms with E-state index in [2.05, 4.69) is 0 Å². The van der Waals surface area contributed by atoms with Crippen LogP contribution in [-0.2, 0) is 4.79 Å². The van der Waals surface area contributed by atoms with Crippen LogP contribution >= 0.6 is 0 Å². The van der Waals surface area contributed by atoms with Crippen molar-refractivity contribution in [3.8, 4) is 0 Å². The molecular weight excluding hydrogens is 303 g/mol. The smallest absolute Gasteiger partial charge is 0.303 e. The largest absolute Gasteiger partial charge is 0.392 e. The summed E-state index contributed by atoms with van der Waals surface area (Å²) in [4.78, 5) is 14.1. The van der Waals surface area contributed by atoms with Gasteiger partial charge in [0.15, 0.2) is 0 Å². The molecule has 0 aromatic heterocycles. The number of benzene rings is 2. The van der Waals surface area contributed by atoms with Crippen LogP contribution in [0.2, 0.25) is 0 Å². The molecule has 2 aliphatic rings. The molecular formula is C18H14F3NO. The molecule has 4 rings (SSSR count). The van der Waals surface area contributed by atoms with Crippen LogP contribution in [0.15, 0.2) is 60.7 Å². The zero-order valence-corrected chi connectivity index (χ0v) is 12.1. The van der Waals surface area contributed by atoms with E-state index in [4.69, 9.17) is 0 Å². The molecule has 1 aliphatic heterocycles. The molecule has 2 aromatic rings. The monoisotopic (exact) mass is 317 g/mol. The number of β-lactam (4-membered cyclic amide) rings is 1. The maximum Gasteiger partial charge on any atom is 0.392 e. The quantitative estimate of drug-likeness (QED) is 0.754. The number of amides is 1. The van der Waals surface area contributed by atoms with Gasteiger partial charge >= 0.3 is 6.18 Å². The van der Waals surface area contributed by atoms with Crippen molar-refractivity contribution in [2.75, 3.05) is 4.90 Å². The molecule has 0 unspecified atom stereocenters. The Hall–Kier alpha value is -2.30. The molecule has 5 heteroatoms. The van der Waals surface area contributed by atoms with Crippen molar-refractivity contribution in [3.63, 3.8) is 0 Å². The molecule has 1 saturated heterocycles. The van der Waals surface area contributed by atoms with Gasteiger partial charge in [-0.25, -0.2) is 0 Å². The number of hydrogen-bond acceptors (Lipinski definition) is 1. The second-order valence-corrected chi connectivity index (χ2v) is 6.16. The van der Waals surface area contributed by atoms with Crippen molar-refractivity contribution >= 4 is 11.6 Å². The molecule has 1 amide bonds. The lowest BCUT2D eigenvalue weighted by atomic mass is 9.76. The highest BCUT2D eigenvalue weighted by molar-refractivity contribution is 6.08. The molecule has 1 aliphatic carbocycles. The number of rotatable bonds is 2. The molecule has 0 bridgehead atoms. The van der Waals surface area contributed by atoms with Crippen molar-refractivity contribution in [3.05, 3.63) is 66.2 Å². The third-order valence-corrected chi connectivity index (χ3v) is 4.91. The Morgan fingerprint density at radius 3 is 2.04 bits per heavy atom. The van der Waals surface area contributed by atoms with Crippen LogP contribution < -0.4 is 4.90 Å². The average molecular weight is 317 g/mol. The summed E-state index contributed by atoms with van der Waals surface area (Å²) in [7, 11) is 0. The Labute approximate surface area is 131 Å². The van der Waals surface area contributed by atoms with E-state index in [9.17, 15) is 18.0 Å². The van der Waals surface area contributed by atoms with E-state index in [-0.39, 0.29) is 6.42 Å². The summed E-state index contributed by atoms with van der Waals surface area (Å²) >= 11 is 0. The van der Waals surface area contributed by atoms with Gasteiger partial charge in [-0.3, -0.25) is 4.79 Å². The lowest BCUT2D eigenvalue weighted by Gasteiger charge is -2.49. The number of carbonyl (C=O) groups excluding carboxylic acids is 1. The summed E-state index contributed by atoms with van der Waals surface area (Å²) < 4.78 is 39.5. The zero-order chi connectivity index (χ0) is 16.2. The van der Waals surface area contributed by atoms with Crippen molar-refractivity contribution in [2.24, 2.45) is 11.3 Å². The highest BCUT2D eigenvalue weighted by Gasteiger charge is 2.81. The maximum atomic E-state index is 13.2. The summed E-state index contributed by atoms with van der Waals surface area (Å²) in [5.74, 6) is -1.95. The molecule has 2 nitrogen and oxygen atoms in total. The van der Waals surface area contributed by atoms with Crippen LogP contribution in [-0.4, -0.2) is 12.1 Å². The minimum absolute atomic E-state index is 0.113. The highest BCUT2D eigenvalue weighted by atomic mass is 19.4. The van der Waals surface area contributed by atoms with Crippen LogP contribution in [0.3, 0.4) is 0 Å².